The maximum atomic E-state index is 12.0. The van der Waals surface area contributed by atoms with Gasteiger partial charge in [-0.25, -0.2) is 0 Å². The third-order valence-electron chi connectivity index (χ3n) is 5.10. The summed E-state index contributed by atoms with van der Waals surface area (Å²) in [7, 11) is 0. The zero-order valence-corrected chi connectivity index (χ0v) is 11.7. The molecule has 3 aliphatic carbocycles. The minimum Gasteiger partial charge on any atom is -0.353 e. The van der Waals surface area contributed by atoms with Gasteiger partial charge in [-0.2, -0.15) is 5.26 Å². The fourth-order valence-corrected chi connectivity index (χ4v) is 3.48. The van der Waals surface area contributed by atoms with E-state index in [1.807, 2.05) is 0 Å². The van der Waals surface area contributed by atoms with E-state index in [-0.39, 0.29) is 29.7 Å². The Balaban J connectivity index is 1.36. The van der Waals surface area contributed by atoms with Gasteiger partial charge in [-0.15, -0.1) is 0 Å². The van der Waals surface area contributed by atoms with E-state index in [2.05, 4.69) is 16.7 Å². The van der Waals surface area contributed by atoms with E-state index in [0.29, 0.717) is 18.4 Å². The predicted octanol–water partition coefficient (Wildman–Crippen LogP) is 0.959. The van der Waals surface area contributed by atoms with Crippen molar-refractivity contribution in [2.24, 2.45) is 23.2 Å². The van der Waals surface area contributed by atoms with Crippen LogP contribution in [0, 0.1) is 34.5 Å². The molecule has 0 bridgehead atoms. The first kappa shape index (κ1) is 13.4. The molecule has 0 aliphatic heterocycles. The minimum atomic E-state index is -0.328. The van der Waals surface area contributed by atoms with E-state index < -0.39 is 0 Å². The average molecular weight is 275 g/mol. The van der Waals surface area contributed by atoms with Crippen LogP contribution in [-0.2, 0) is 9.59 Å². The summed E-state index contributed by atoms with van der Waals surface area (Å²) in [4.78, 5) is 23.7. The van der Waals surface area contributed by atoms with E-state index in [1.54, 1.807) is 0 Å². The second-order valence-electron chi connectivity index (χ2n) is 6.52. The Labute approximate surface area is 119 Å². The first-order chi connectivity index (χ1) is 9.65. The van der Waals surface area contributed by atoms with Gasteiger partial charge in [0.15, 0.2) is 0 Å². The minimum absolute atomic E-state index is 0.0380. The second kappa shape index (κ2) is 5.08. The Morgan fingerprint density at radius 3 is 2.35 bits per heavy atom. The number of nitriles is 1. The molecule has 0 aromatic carbocycles. The SMILES string of the molecule is N#CC1(CNC(=O)CNC(=O)C2[C@H]3CCCC[C@H]23)CC1. The molecule has 5 heteroatoms. The van der Waals surface area contributed by atoms with Gasteiger partial charge in [-0.3, -0.25) is 9.59 Å². The highest BCUT2D eigenvalue weighted by atomic mass is 16.2. The molecule has 3 rings (SSSR count). The average Bonchev–Trinajstić information content (AvgIpc) is 3.36. The van der Waals surface area contributed by atoms with Crippen LogP contribution in [-0.4, -0.2) is 24.9 Å². The molecule has 0 aromatic rings. The number of nitrogens with zero attached hydrogens (tertiary/aromatic N) is 1. The molecular formula is C15H21N3O2. The van der Waals surface area contributed by atoms with Crippen LogP contribution in [0.15, 0.2) is 0 Å². The highest BCUT2D eigenvalue weighted by Crippen LogP contribution is 2.55. The molecule has 2 N–H and O–H groups in total. The van der Waals surface area contributed by atoms with Crippen molar-refractivity contribution in [2.75, 3.05) is 13.1 Å². The molecule has 20 heavy (non-hydrogen) atoms. The smallest absolute Gasteiger partial charge is 0.239 e. The van der Waals surface area contributed by atoms with Gasteiger partial charge in [0, 0.05) is 12.5 Å². The van der Waals surface area contributed by atoms with Crippen molar-refractivity contribution in [1.29, 1.82) is 5.26 Å². The number of nitrogens with one attached hydrogen (secondary N) is 2. The molecular weight excluding hydrogens is 254 g/mol. The number of carbonyl (C=O) groups excluding carboxylic acids is 2. The summed E-state index contributed by atoms with van der Waals surface area (Å²) in [6, 6.07) is 2.23. The first-order valence-corrected chi connectivity index (χ1v) is 7.61. The Hall–Kier alpha value is -1.57. The third-order valence-corrected chi connectivity index (χ3v) is 5.10. The molecule has 0 aromatic heterocycles. The van der Waals surface area contributed by atoms with Crippen molar-refractivity contribution in [1.82, 2.24) is 10.6 Å². The van der Waals surface area contributed by atoms with Crippen LogP contribution in [0.1, 0.15) is 38.5 Å². The number of hydrogen-bond donors (Lipinski definition) is 2. The Morgan fingerprint density at radius 1 is 1.15 bits per heavy atom. The fraction of sp³-hybridized carbons (Fsp3) is 0.800. The molecule has 3 aliphatic rings. The number of rotatable bonds is 5. The lowest BCUT2D eigenvalue weighted by molar-refractivity contribution is -0.127. The lowest BCUT2D eigenvalue weighted by Crippen LogP contribution is -2.39. The summed E-state index contributed by atoms with van der Waals surface area (Å²) in [5.41, 5.74) is -0.328. The summed E-state index contributed by atoms with van der Waals surface area (Å²) in [6.45, 7) is 0.448. The van der Waals surface area contributed by atoms with Gasteiger partial charge in [-0.05, 0) is 37.5 Å². The number of hydrogen-bond acceptors (Lipinski definition) is 3. The molecule has 0 radical (unpaired) electrons. The van der Waals surface area contributed by atoms with Crippen LogP contribution in [0.2, 0.25) is 0 Å². The van der Waals surface area contributed by atoms with E-state index in [1.165, 1.54) is 25.7 Å². The maximum absolute atomic E-state index is 12.0. The predicted molar refractivity (Wildman–Crippen MR) is 72.2 cm³/mol. The fourth-order valence-electron chi connectivity index (χ4n) is 3.48. The van der Waals surface area contributed by atoms with Crippen molar-refractivity contribution in [3.05, 3.63) is 0 Å². The van der Waals surface area contributed by atoms with Crippen LogP contribution in [0.3, 0.4) is 0 Å². The van der Waals surface area contributed by atoms with Crippen LogP contribution < -0.4 is 10.6 Å². The summed E-state index contributed by atoms with van der Waals surface area (Å²) in [5, 5.41) is 14.4. The molecule has 2 atom stereocenters. The zero-order chi connectivity index (χ0) is 14.2. The summed E-state index contributed by atoms with van der Waals surface area (Å²) >= 11 is 0. The number of amides is 2. The molecule has 5 nitrogen and oxygen atoms in total. The maximum Gasteiger partial charge on any atom is 0.239 e. The number of fused-ring (bicyclic) bond motifs is 1. The summed E-state index contributed by atoms with van der Waals surface area (Å²) in [5.74, 6) is 1.14. The molecule has 0 heterocycles. The van der Waals surface area contributed by atoms with Crippen LogP contribution in [0.25, 0.3) is 0 Å². The summed E-state index contributed by atoms with van der Waals surface area (Å²) in [6.07, 6.45) is 6.53. The Morgan fingerprint density at radius 2 is 1.80 bits per heavy atom. The van der Waals surface area contributed by atoms with Gasteiger partial charge in [-0.1, -0.05) is 12.8 Å². The molecule has 0 saturated heterocycles. The van der Waals surface area contributed by atoms with E-state index in [0.717, 1.165) is 12.8 Å². The monoisotopic (exact) mass is 275 g/mol. The third kappa shape index (κ3) is 2.65. The van der Waals surface area contributed by atoms with Gasteiger partial charge < -0.3 is 10.6 Å². The Kier molecular flexibility index (Phi) is 3.41. The standard InChI is InChI=1S/C15H21N3O2/c16-8-15(5-6-15)9-18-12(19)7-17-14(20)13-10-3-1-2-4-11(10)13/h10-11,13H,1-7,9H2,(H,17,20)(H,18,19)/t10-,11-/m0/s1. The van der Waals surface area contributed by atoms with Gasteiger partial charge in [0.1, 0.15) is 0 Å². The number of carbonyl (C=O) groups is 2. The van der Waals surface area contributed by atoms with Crippen molar-refractivity contribution < 1.29 is 9.59 Å². The van der Waals surface area contributed by atoms with Crippen LogP contribution >= 0.6 is 0 Å². The summed E-state index contributed by atoms with van der Waals surface area (Å²) < 4.78 is 0. The van der Waals surface area contributed by atoms with Gasteiger partial charge >= 0.3 is 0 Å². The van der Waals surface area contributed by atoms with Gasteiger partial charge in [0.05, 0.1) is 18.0 Å². The Bertz CT molecular complexity index is 452. The van der Waals surface area contributed by atoms with Crippen molar-refractivity contribution in [3.8, 4) is 6.07 Å². The normalized spacial score (nSPS) is 32.5. The second-order valence-corrected chi connectivity index (χ2v) is 6.52. The van der Waals surface area contributed by atoms with E-state index in [4.69, 9.17) is 5.26 Å². The first-order valence-electron chi connectivity index (χ1n) is 7.61. The van der Waals surface area contributed by atoms with E-state index >= 15 is 0 Å². The lowest BCUT2D eigenvalue weighted by atomic mass is 10.0. The van der Waals surface area contributed by atoms with Crippen LogP contribution in [0.4, 0.5) is 0 Å². The highest BCUT2D eigenvalue weighted by molar-refractivity contribution is 5.87. The molecule has 3 saturated carbocycles. The van der Waals surface area contributed by atoms with Crippen molar-refractivity contribution >= 4 is 11.8 Å². The zero-order valence-electron chi connectivity index (χ0n) is 11.7. The van der Waals surface area contributed by atoms with Crippen molar-refractivity contribution in [3.63, 3.8) is 0 Å². The largest absolute Gasteiger partial charge is 0.353 e. The van der Waals surface area contributed by atoms with Crippen molar-refractivity contribution in [2.45, 2.75) is 38.5 Å². The van der Waals surface area contributed by atoms with Crippen LogP contribution in [0.5, 0.6) is 0 Å². The van der Waals surface area contributed by atoms with Gasteiger partial charge in [0.2, 0.25) is 11.8 Å². The molecule has 0 unspecified atom stereocenters. The van der Waals surface area contributed by atoms with Gasteiger partial charge in [0.25, 0.3) is 0 Å². The lowest BCUT2D eigenvalue weighted by Gasteiger charge is -2.09. The molecule has 3 fully saturated rings. The molecule has 2 amide bonds. The highest BCUT2D eigenvalue weighted by Gasteiger charge is 2.54. The van der Waals surface area contributed by atoms with E-state index in [9.17, 15) is 9.59 Å². The quantitative estimate of drug-likeness (QED) is 0.784. The molecule has 0 spiro atoms. The topological polar surface area (TPSA) is 82.0 Å². The molecule has 108 valence electrons.